The minimum Gasteiger partial charge on any atom is -0.393 e. The third kappa shape index (κ3) is 1.91. The van der Waals surface area contributed by atoms with Crippen LogP contribution in [0.3, 0.4) is 0 Å². The van der Waals surface area contributed by atoms with Gasteiger partial charge in [-0.15, -0.1) is 0 Å². The van der Waals surface area contributed by atoms with E-state index in [0.717, 1.165) is 38.5 Å². The Hall–Kier alpha value is -0.120. The van der Waals surface area contributed by atoms with E-state index in [4.69, 9.17) is 5.73 Å². The Balaban J connectivity index is 1.67. The molecule has 3 nitrogen and oxygen atoms in total. The summed E-state index contributed by atoms with van der Waals surface area (Å²) in [5, 5.41) is 21.5. The molecule has 0 aliphatic heterocycles. The molecule has 0 aromatic heterocycles. The third-order valence-corrected chi connectivity index (χ3v) is 8.67. The van der Waals surface area contributed by atoms with Crippen molar-refractivity contribution in [2.45, 2.75) is 83.5 Å². The topological polar surface area (TPSA) is 66.5 Å². The van der Waals surface area contributed by atoms with Gasteiger partial charge in [-0.05, 0) is 85.9 Å². The first-order valence-electron chi connectivity index (χ1n) is 9.48. The predicted octanol–water partition coefficient (Wildman–Crippen LogP) is 2.69. The van der Waals surface area contributed by atoms with E-state index in [0.29, 0.717) is 35.1 Å². The Kier molecular flexibility index (Phi) is 3.46. The second-order valence-corrected chi connectivity index (χ2v) is 9.47. The molecule has 0 bridgehead atoms. The van der Waals surface area contributed by atoms with Crippen LogP contribution in [0.5, 0.6) is 0 Å². The summed E-state index contributed by atoms with van der Waals surface area (Å²) in [5.41, 5.74) is 6.65. The Morgan fingerprint density at radius 1 is 0.864 bits per heavy atom. The average molecular weight is 307 g/mol. The molecule has 0 aromatic rings. The highest BCUT2D eigenvalue weighted by molar-refractivity contribution is 5.11. The molecule has 4 aliphatic carbocycles. The normalized spacial score (nSPS) is 61.2. The highest BCUT2D eigenvalue weighted by atomic mass is 16.3. The molecule has 4 rings (SSSR count). The van der Waals surface area contributed by atoms with Gasteiger partial charge in [0, 0.05) is 6.04 Å². The van der Waals surface area contributed by atoms with Crippen molar-refractivity contribution in [1.29, 1.82) is 0 Å². The largest absolute Gasteiger partial charge is 0.393 e. The standard InChI is InChI=1S/C19H33NO2/c1-18-7-5-12(20)9-11(18)10-15(21)17-13-3-4-16(22)19(13,2)8-6-14(17)18/h11-17,21-22H,3-10,20H2,1-2H3/t11-,12-,13-,14-,15-,16-,17-,18-,19-/m0/s1. The predicted molar refractivity (Wildman–Crippen MR) is 87.1 cm³/mol. The van der Waals surface area contributed by atoms with Gasteiger partial charge in [-0.1, -0.05) is 13.8 Å². The molecule has 0 heterocycles. The van der Waals surface area contributed by atoms with Crippen LogP contribution >= 0.6 is 0 Å². The van der Waals surface area contributed by atoms with Crippen molar-refractivity contribution in [2.24, 2.45) is 40.2 Å². The third-order valence-electron chi connectivity index (χ3n) is 8.67. The molecule has 0 unspecified atom stereocenters. The highest BCUT2D eigenvalue weighted by Gasteiger charge is 2.62. The molecule has 4 fully saturated rings. The van der Waals surface area contributed by atoms with E-state index in [-0.39, 0.29) is 17.6 Å². The summed E-state index contributed by atoms with van der Waals surface area (Å²) >= 11 is 0. The maximum Gasteiger partial charge on any atom is 0.0596 e. The first-order chi connectivity index (χ1) is 10.4. The lowest BCUT2D eigenvalue weighted by Crippen LogP contribution is -2.59. The Bertz CT molecular complexity index is 455. The number of aliphatic hydroxyl groups is 2. The molecule has 4 N–H and O–H groups in total. The Morgan fingerprint density at radius 3 is 2.32 bits per heavy atom. The van der Waals surface area contributed by atoms with Crippen LogP contribution in [-0.4, -0.2) is 28.5 Å². The summed E-state index contributed by atoms with van der Waals surface area (Å²) in [6.07, 6.45) is 8.46. The summed E-state index contributed by atoms with van der Waals surface area (Å²) in [7, 11) is 0. The SMILES string of the molecule is C[C@]12CC[C@H](N)C[C@H]1C[C@H](O)[C@@H]1[C@@H]2CC[C@]2(C)[C@@H](O)CC[C@@H]12. The van der Waals surface area contributed by atoms with Crippen LogP contribution in [0.1, 0.15) is 65.2 Å². The molecule has 0 amide bonds. The minimum atomic E-state index is -0.178. The zero-order valence-electron chi connectivity index (χ0n) is 14.2. The van der Waals surface area contributed by atoms with E-state index < -0.39 is 0 Å². The molecular formula is C19H33NO2. The molecule has 0 radical (unpaired) electrons. The number of hydrogen-bond donors (Lipinski definition) is 3. The quantitative estimate of drug-likeness (QED) is 0.644. The molecule has 0 saturated heterocycles. The van der Waals surface area contributed by atoms with E-state index >= 15 is 0 Å². The maximum absolute atomic E-state index is 11.0. The lowest BCUT2D eigenvalue weighted by atomic mass is 9.44. The Morgan fingerprint density at radius 2 is 1.55 bits per heavy atom. The molecule has 22 heavy (non-hydrogen) atoms. The lowest BCUT2D eigenvalue weighted by Gasteiger charge is -2.62. The number of nitrogens with two attached hydrogens (primary N) is 1. The fraction of sp³-hybridized carbons (Fsp3) is 1.00. The average Bonchev–Trinajstić information content (AvgIpc) is 2.77. The van der Waals surface area contributed by atoms with Gasteiger partial charge >= 0.3 is 0 Å². The number of fused-ring (bicyclic) bond motifs is 5. The van der Waals surface area contributed by atoms with Gasteiger partial charge in [-0.25, -0.2) is 0 Å². The van der Waals surface area contributed by atoms with Crippen molar-refractivity contribution >= 4 is 0 Å². The van der Waals surface area contributed by atoms with Crippen LogP contribution in [0.15, 0.2) is 0 Å². The van der Waals surface area contributed by atoms with Gasteiger partial charge in [0.2, 0.25) is 0 Å². The molecule has 0 aromatic carbocycles. The van der Waals surface area contributed by atoms with Crippen LogP contribution in [0, 0.1) is 34.5 Å². The van der Waals surface area contributed by atoms with Gasteiger partial charge < -0.3 is 15.9 Å². The van der Waals surface area contributed by atoms with Crippen molar-refractivity contribution in [3.8, 4) is 0 Å². The highest BCUT2D eigenvalue weighted by Crippen LogP contribution is 2.66. The lowest BCUT2D eigenvalue weighted by molar-refractivity contribution is -0.169. The number of rotatable bonds is 0. The molecule has 3 heteroatoms. The fourth-order valence-electron chi connectivity index (χ4n) is 7.23. The molecule has 4 aliphatic rings. The van der Waals surface area contributed by atoms with E-state index in [1.807, 2.05) is 0 Å². The summed E-state index contributed by atoms with van der Waals surface area (Å²) in [5.74, 6) is 2.16. The van der Waals surface area contributed by atoms with Crippen molar-refractivity contribution in [3.63, 3.8) is 0 Å². The summed E-state index contributed by atoms with van der Waals surface area (Å²) in [6.45, 7) is 4.77. The van der Waals surface area contributed by atoms with Gasteiger partial charge in [0.15, 0.2) is 0 Å². The zero-order valence-corrected chi connectivity index (χ0v) is 14.2. The van der Waals surface area contributed by atoms with Gasteiger partial charge in [0.1, 0.15) is 0 Å². The van der Waals surface area contributed by atoms with Crippen LogP contribution in [0.4, 0.5) is 0 Å². The second-order valence-electron chi connectivity index (χ2n) is 9.47. The van der Waals surface area contributed by atoms with Crippen molar-refractivity contribution in [2.75, 3.05) is 0 Å². The van der Waals surface area contributed by atoms with E-state index in [1.165, 1.54) is 12.8 Å². The van der Waals surface area contributed by atoms with Gasteiger partial charge in [0.25, 0.3) is 0 Å². The summed E-state index contributed by atoms with van der Waals surface area (Å²) < 4.78 is 0. The van der Waals surface area contributed by atoms with Gasteiger partial charge in [0.05, 0.1) is 12.2 Å². The van der Waals surface area contributed by atoms with E-state index in [2.05, 4.69) is 13.8 Å². The zero-order chi connectivity index (χ0) is 15.7. The fourth-order valence-corrected chi connectivity index (χ4v) is 7.23. The van der Waals surface area contributed by atoms with Crippen LogP contribution in [0.25, 0.3) is 0 Å². The molecular weight excluding hydrogens is 274 g/mol. The van der Waals surface area contributed by atoms with E-state index in [1.54, 1.807) is 0 Å². The smallest absolute Gasteiger partial charge is 0.0596 e. The van der Waals surface area contributed by atoms with Crippen molar-refractivity contribution < 1.29 is 10.2 Å². The van der Waals surface area contributed by atoms with Crippen LogP contribution in [-0.2, 0) is 0 Å². The van der Waals surface area contributed by atoms with Crippen molar-refractivity contribution in [3.05, 3.63) is 0 Å². The number of hydrogen-bond acceptors (Lipinski definition) is 3. The number of aliphatic hydroxyl groups excluding tert-OH is 2. The van der Waals surface area contributed by atoms with Crippen LogP contribution in [0.2, 0.25) is 0 Å². The summed E-state index contributed by atoms with van der Waals surface area (Å²) in [4.78, 5) is 0. The van der Waals surface area contributed by atoms with E-state index in [9.17, 15) is 10.2 Å². The van der Waals surface area contributed by atoms with Crippen LogP contribution < -0.4 is 5.73 Å². The summed E-state index contributed by atoms with van der Waals surface area (Å²) in [6, 6.07) is 0.337. The maximum atomic E-state index is 11.0. The monoisotopic (exact) mass is 307 g/mol. The van der Waals surface area contributed by atoms with Gasteiger partial charge in [-0.3, -0.25) is 0 Å². The minimum absolute atomic E-state index is 0.0520. The second kappa shape index (κ2) is 4.94. The molecule has 4 saturated carbocycles. The van der Waals surface area contributed by atoms with Crippen molar-refractivity contribution in [1.82, 2.24) is 0 Å². The molecule has 9 atom stereocenters. The molecule has 0 spiro atoms. The Labute approximate surface area is 134 Å². The first kappa shape index (κ1) is 15.4. The first-order valence-corrected chi connectivity index (χ1v) is 9.48. The molecule has 126 valence electrons. The van der Waals surface area contributed by atoms with Gasteiger partial charge in [-0.2, -0.15) is 0 Å².